The molecular formula is C22H18Cl4N2O7S3. The Morgan fingerprint density at radius 3 is 1.79 bits per heavy atom. The summed E-state index contributed by atoms with van der Waals surface area (Å²) in [6.45, 7) is 0. The number of aliphatic hydroxyl groups excluding tert-OH is 1. The Hall–Kier alpha value is -1.77. The smallest absolute Gasteiger partial charge is 0.264 e. The fourth-order valence-corrected chi connectivity index (χ4v) is 9.21. The predicted molar refractivity (Wildman–Crippen MR) is 148 cm³/mol. The highest BCUT2D eigenvalue weighted by atomic mass is 35.5. The van der Waals surface area contributed by atoms with Crippen LogP contribution < -0.4 is 9.03 Å². The number of aliphatic hydroxyl groups is 1. The van der Waals surface area contributed by atoms with Crippen molar-refractivity contribution in [3.63, 3.8) is 0 Å². The van der Waals surface area contributed by atoms with E-state index in [0.29, 0.717) is 0 Å². The van der Waals surface area contributed by atoms with Crippen molar-refractivity contribution in [2.75, 3.05) is 20.5 Å². The van der Waals surface area contributed by atoms with Crippen LogP contribution >= 0.6 is 46.4 Å². The zero-order valence-electron chi connectivity index (χ0n) is 18.9. The van der Waals surface area contributed by atoms with Crippen LogP contribution in [0.25, 0.3) is 0 Å². The van der Waals surface area contributed by atoms with Crippen molar-refractivity contribution in [3.8, 4) is 0 Å². The molecule has 1 fully saturated rings. The highest BCUT2D eigenvalue weighted by molar-refractivity contribution is 7.93. The number of nitrogens with one attached hydrogen (secondary N) is 1. The monoisotopic (exact) mass is 658 g/mol. The second kappa shape index (κ2) is 10.7. The van der Waals surface area contributed by atoms with Crippen LogP contribution in [0.5, 0.6) is 0 Å². The number of hydrogen-bond acceptors (Lipinski definition) is 7. The molecule has 9 nitrogen and oxygen atoms in total. The predicted octanol–water partition coefficient (Wildman–Crippen LogP) is 4.45. The van der Waals surface area contributed by atoms with Crippen LogP contribution in [0.4, 0.5) is 11.4 Å². The normalized spacial score (nSPS) is 19.3. The van der Waals surface area contributed by atoms with E-state index in [-0.39, 0.29) is 41.3 Å². The third-order valence-electron chi connectivity index (χ3n) is 5.62. The summed E-state index contributed by atoms with van der Waals surface area (Å²) in [5.41, 5.74) is 0.0565. The number of anilines is 2. The second-order valence-corrected chi connectivity index (χ2v) is 15.6. The maximum Gasteiger partial charge on any atom is 0.264 e. The summed E-state index contributed by atoms with van der Waals surface area (Å²) in [6, 6.07) is 11.1. The van der Waals surface area contributed by atoms with Gasteiger partial charge in [0.15, 0.2) is 9.84 Å². The van der Waals surface area contributed by atoms with E-state index in [2.05, 4.69) is 4.72 Å². The summed E-state index contributed by atoms with van der Waals surface area (Å²) in [7, 11) is -12.3. The van der Waals surface area contributed by atoms with Crippen LogP contribution in [0.2, 0.25) is 20.1 Å². The first kappa shape index (κ1) is 29.2. The number of halogens is 4. The van der Waals surface area contributed by atoms with Gasteiger partial charge < -0.3 is 5.11 Å². The Morgan fingerprint density at radius 2 is 1.29 bits per heavy atom. The van der Waals surface area contributed by atoms with E-state index in [4.69, 9.17) is 46.4 Å². The Bertz CT molecular complexity index is 1720. The summed E-state index contributed by atoms with van der Waals surface area (Å²) < 4.78 is 80.5. The van der Waals surface area contributed by atoms with Gasteiger partial charge in [-0.2, -0.15) is 0 Å². The van der Waals surface area contributed by atoms with Gasteiger partial charge in [0.05, 0.1) is 59.2 Å². The van der Waals surface area contributed by atoms with Gasteiger partial charge in [-0.25, -0.2) is 25.3 Å². The lowest BCUT2D eigenvalue weighted by Gasteiger charge is -2.31. The molecule has 0 bridgehead atoms. The molecule has 3 aromatic rings. The van der Waals surface area contributed by atoms with Crippen molar-refractivity contribution < 1.29 is 30.4 Å². The topological polar surface area (TPSA) is 138 Å². The van der Waals surface area contributed by atoms with Crippen LogP contribution in [-0.4, -0.2) is 54.0 Å². The third-order valence-corrected chi connectivity index (χ3v) is 12.0. The largest absolute Gasteiger partial charge is 0.390 e. The molecule has 1 aliphatic heterocycles. The lowest BCUT2D eigenvalue weighted by molar-refractivity contribution is 0.184. The molecule has 0 radical (unpaired) electrons. The molecule has 0 amide bonds. The average Bonchev–Trinajstić information content (AvgIpc) is 3.09. The zero-order valence-corrected chi connectivity index (χ0v) is 24.4. The third kappa shape index (κ3) is 6.02. The zero-order chi connectivity index (χ0) is 28.0. The summed E-state index contributed by atoms with van der Waals surface area (Å²) >= 11 is 23.7. The maximum absolute atomic E-state index is 13.7. The van der Waals surface area contributed by atoms with Crippen molar-refractivity contribution in [3.05, 3.63) is 80.8 Å². The first-order valence-corrected chi connectivity index (χ1v) is 16.8. The number of hydrogen-bond donors (Lipinski definition) is 2. The van der Waals surface area contributed by atoms with Gasteiger partial charge in [0.1, 0.15) is 0 Å². The van der Waals surface area contributed by atoms with Gasteiger partial charge in [0.25, 0.3) is 20.0 Å². The number of nitrogens with zero attached hydrogens (tertiary/aromatic N) is 1. The number of benzene rings is 3. The summed E-state index contributed by atoms with van der Waals surface area (Å²) in [6.07, 6.45) is -1.51. The quantitative estimate of drug-likeness (QED) is 0.382. The van der Waals surface area contributed by atoms with Crippen LogP contribution in [0, 0.1) is 0 Å². The summed E-state index contributed by atoms with van der Waals surface area (Å²) in [4.78, 5) is -0.438. The van der Waals surface area contributed by atoms with E-state index in [0.717, 1.165) is 10.4 Å². The maximum atomic E-state index is 13.7. The van der Waals surface area contributed by atoms with Gasteiger partial charge in [-0.1, -0.05) is 46.4 Å². The average molecular weight is 660 g/mol. The molecule has 0 saturated carbocycles. The van der Waals surface area contributed by atoms with Crippen LogP contribution in [0.1, 0.15) is 0 Å². The molecule has 0 spiro atoms. The van der Waals surface area contributed by atoms with E-state index in [1.807, 2.05) is 0 Å². The first-order chi connectivity index (χ1) is 17.6. The molecular weight excluding hydrogens is 642 g/mol. The highest BCUT2D eigenvalue weighted by Crippen LogP contribution is 2.34. The van der Waals surface area contributed by atoms with Crippen molar-refractivity contribution in [2.45, 2.75) is 21.9 Å². The molecule has 204 valence electrons. The molecule has 1 aliphatic rings. The Labute approximate surface area is 239 Å². The molecule has 3 aromatic carbocycles. The van der Waals surface area contributed by atoms with Gasteiger partial charge in [0.2, 0.25) is 0 Å². The van der Waals surface area contributed by atoms with Crippen molar-refractivity contribution in [1.82, 2.24) is 0 Å². The fraction of sp³-hybridized carbons (Fsp3) is 0.182. The number of sulfonamides is 2. The number of sulfone groups is 1. The van der Waals surface area contributed by atoms with Gasteiger partial charge in [0, 0.05) is 5.69 Å². The molecule has 0 aliphatic carbocycles. The van der Waals surface area contributed by atoms with Crippen molar-refractivity contribution in [1.29, 1.82) is 0 Å². The molecule has 38 heavy (non-hydrogen) atoms. The SMILES string of the molecule is O=S1(=O)C[C@@H](O)[C@H](N(c2ccc(NS(=O)(=O)c3ccc(Cl)c(Cl)c3)cc2)S(=O)(=O)c2ccc(Cl)c(Cl)c2)C1. The molecule has 2 atom stereocenters. The molecule has 0 aromatic heterocycles. The second-order valence-electron chi connectivity index (χ2n) is 8.32. The Balaban J connectivity index is 1.73. The van der Waals surface area contributed by atoms with Crippen LogP contribution in [0.3, 0.4) is 0 Å². The molecule has 2 N–H and O–H groups in total. The van der Waals surface area contributed by atoms with E-state index >= 15 is 0 Å². The van der Waals surface area contributed by atoms with E-state index < -0.39 is 53.5 Å². The molecule has 0 unspecified atom stereocenters. The van der Waals surface area contributed by atoms with Gasteiger partial charge in [-0.15, -0.1) is 0 Å². The van der Waals surface area contributed by atoms with Crippen LogP contribution in [0.15, 0.2) is 70.5 Å². The molecule has 16 heteroatoms. The van der Waals surface area contributed by atoms with Crippen LogP contribution in [-0.2, 0) is 29.9 Å². The van der Waals surface area contributed by atoms with E-state index in [1.54, 1.807) is 0 Å². The summed E-state index contributed by atoms with van der Waals surface area (Å²) in [5, 5.41) is 10.8. The van der Waals surface area contributed by atoms with Gasteiger partial charge in [-0.05, 0) is 60.7 Å². The van der Waals surface area contributed by atoms with Gasteiger partial charge >= 0.3 is 0 Å². The Kier molecular flexibility index (Phi) is 8.20. The summed E-state index contributed by atoms with van der Waals surface area (Å²) in [5.74, 6) is -1.24. The van der Waals surface area contributed by atoms with E-state index in [9.17, 15) is 30.4 Å². The van der Waals surface area contributed by atoms with Gasteiger partial charge in [-0.3, -0.25) is 9.03 Å². The fourth-order valence-electron chi connectivity index (χ4n) is 3.83. The van der Waals surface area contributed by atoms with E-state index in [1.165, 1.54) is 54.6 Å². The minimum atomic E-state index is -4.46. The molecule has 1 heterocycles. The first-order valence-electron chi connectivity index (χ1n) is 10.6. The Morgan fingerprint density at radius 1 is 0.763 bits per heavy atom. The number of rotatable bonds is 7. The minimum absolute atomic E-state index is 0.0188. The lowest BCUT2D eigenvalue weighted by Crippen LogP contribution is -2.47. The van der Waals surface area contributed by atoms with Crippen molar-refractivity contribution in [2.24, 2.45) is 0 Å². The molecule has 1 saturated heterocycles. The molecule has 4 rings (SSSR count). The van der Waals surface area contributed by atoms with Crippen molar-refractivity contribution >= 4 is 87.7 Å². The lowest BCUT2D eigenvalue weighted by atomic mass is 10.2. The standard InChI is InChI=1S/C22H18Cl4N2O7S3/c23-17-7-5-15(9-19(17)25)37(32,33)27-13-1-3-14(4-2-13)28(21-11-36(30,31)12-22(21)29)38(34,35)16-6-8-18(24)20(26)10-16/h1-10,21-22,27,29H,11-12H2/t21-,22-/m1/s1. The minimum Gasteiger partial charge on any atom is -0.390 e. The highest BCUT2D eigenvalue weighted by Gasteiger charge is 2.45.